The molecule has 1 aromatic carbocycles. The van der Waals surface area contributed by atoms with Gasteiger partial charge in [0.05, 0.1) is 17.0 Å². The number of benzene rings is 1. The number of carboxylic acids is 1. The molecule has 1 aliphatic carbocycles. The lowest BCUT2D eigenvalue weighted by atomic mass is 9.81. The van der Waals surface area contributed by atoms with Crippen LogP contribution >= 0.6 is 15.9 Å². The van der Waals surface area contributed by atoms with Crippen molar-refractivity contribution in [2.75, 3.05) is 20.2 Å². The largest absolute Gasteiger partial charge is 0.495 e. The van der Waals surface area contributed by atoms with Gasteiger partial charge in [-0.25, -0.2) is 0 Å². The number of rotatable bonds is 4. The second kappa shape index (κ2) is 5.61. The van der Waals surface area contributed by atoms with Crippen molar-refractivity contribution in [1.29, 1.82) is 0 Å². The molecule has 0 aromatic heterocycles. The summed E-state index contributed by atoms with van der Waals surface area (Å²) in [6.45, 7) is 2.28. The number of carboxylic acid groups (broad SMARTS) is 1. The van der Waals surface area contributed by atoms with Gasteiger partial charge in [-0.1, -0.05) is 18.6 Å². The van der Waals surface area contributed by atoms with Gasteiger partial charge in [0.2, 0.25) is 0 Å². The lowest BCUT2D eigenvalue weighted by Crippen LogP contribution is -2.35. The molecule has 1 aromatic rings. The molecular formula is C16H20BrNO3. The Labute approximate surface area is 133 Å². The highest BCUT2D eigenvalue weighted by Crippen LogP contribution is 2.49. The Morgan fingerprint density at radius 1 is 1.57 bits per heavy atom. The molecule has 3 rings (SSSR count). The second-order valence-corrected chi connectivity index (χ2v) is 7.01. The van der Waals surface area contributed by atoms with Crippen LogP contribution in [0.15, 0.2) is 22.7 Å². The molecule has 1 aliphatic heterocycles. The number of fused-ring (bicyclic) bond motifs is 1. The Morgan fingerprint density at radius 3 is 3.05 bits per heavy atom. The van der Waals surface area contributed by atoms with Crippen LogP contribution in [0.1, 0.15) is 24.8 Å². The molecule has 0 radical (unpaired) electrons. The molecule has 1 heterocycles. The highest BCUT2D eigenvalue weighted by atomic mass is 79.9. The number of ether oxygens (including phenoxy) is 1. The summed E-state index contributed by atoms with van der Waals surface area (Å²) in [5, 5.41) is 9.64. The summed E-state index contributed by atoms with van der Waals surface area (Å²) in [5.74, 6) is 0.529. The first-order valence-corrected chi connectivity index (χ1v) is 8.13. The number of hydrogen-bond donors (Lipinski definition) is 1. The zero-order chi connectivity index (χ0) is 15.0. The van der Waals surface area contributed by atoms with E-state index in [1.807, 2.05) is 18.2 Å². The van der Waals surface area contributed by atoms with Gasteiger partial charge >= 0.3 is 5.97 Å². The van der Waals surface area contributed by atoms with Crippen LogP contribution in [0.4, 0.5) is 0 Å². The number of hydrogen-bond acceptors (Lipinski definition) is 3. The van der Waals surface area contributed by atoms with Crippen molar-refractivity contribution in [3.8, 4) is 5.75 Å². The number of nitrogens with zero attached hydrogens (tertiary/aromatic N) is 1. The van der Waals surface area contributed by atoms with Crippen LogP contribution in [0.2, 0.25) is 0 Å². The Hall–Kier alpha value is -1.07. The van der Waals surface area contributed by atoms with Gasteiger partial charge in [-0.15, -0.1) is 0 Å². The predicted molar refractivity (Wildman–Crippen MR) is 83.4 cm³/mol. The summed E-state index contributed by atoms with van der Waals surface area (Å²) in [6, 6.07) is 6.00. The minimum atomic E-state index is -0.617. The van der Waals surface area contributed by atoms with Gasteiger partial charge in [-0.3, -0.25) is 9.69 Å². The van der Waals surface area contributed by atoms with Crippen molar-refractivity contribution in [3.63, 3.8) is 0 Å². The van der Waals surface area contributed by atoms with Crippen molar-refractivity contribution in [2.24, 2.45) is 11.3 Å². The standard InChI is InChI=1S/C16H20BrNO3/c1-21-14-11(4-2-6-13(14)17)8-18-9-12-5-3-7-16(12,10-18)15(19)20/h2,4,6,12H,3,5,7-10H2,1H3,(H,19,20)/t12-,16+/m0/s1. The molecule has 0 spiro atoms. The minimum absolute atomic E-state index is 0.299. The fourth-order valence-electron chi connectivity index (χ4n) is 4.01. The molecule has 1 saturated heterocycles. The van der Waals surface area contributed by atoms with Crippen LogP contribution in [-0.4, -0.2) is 36.2 Å². The number of methoxy groups -OCH3 is 1. The van der Waals surface area contributed by atoms with E-state index in [9.17, 15) is 9.90 Å². The third kappa shape index (κ3) is 2.46. The normalized spacial score (nSPS) is 28.6. The fraction of sp³-hybridized carbons (Fsp3) is 0.562. The first kappa shape index (κ1) is 14.9. The summed E-state index contributed by atoms with van der Waals surface area (Å²) in [5.41, 5.74) is 0.589. The van der Waals surface area contributed by atoms with E-state index in [1.165, 1.54) is 0 Å². The molecule has 4 nitrogen and oxygen atoms in total. The SMILES string of the molecule is COc1c(Br)cccc1CN1C[C@@H]2CCC[C@@]2(C(=O)O)C1. The van der Waals surface area contributed by atoms with Crippen LogP contribution in [0.5, 0.6) is 5.75 Å². The topological polar surface area (TPSA) is 49.8 Å². The zero-order valence-corrected chi connectivity index (χ0v) is 13.7. The van der Waals surface area contributed by atoms with E-state index < -0.39 is 11.4 Å². The van der Waals surface area contributed by atoms with E-state index >= 15 is 0 Å². The van der Waals surface area contributed by atoms with Crippen LogP contribution in [-0.2, 0) is 11.3 Å². The molecule has 1 saturated carbocycles. The Morgan fingerprint density at radius 2 is 2.38 bits per heavy atom. The number of carbonyl (C=O) groups is 1. The fourth-order valence-corrected chi connectivity index (χ4v) is 4.58. The van der Waals surface area contributed by atoms with Gasteiger partial charge < -0.3 is 9.84 Å². The van der Waals surface area contributed by atoms with Crippen molar-refractivity contribution >= 4 is 21.9 Å². The van der Waals surface area contributed by atoms with Gasteiger partial charge in [0.1, 0.15) is 5.75 Å². The molecule has 0 bridgehead atoms. The molecule has 2 fully saturated rings. The van der Waals surface area contributed by atoms with Crippen molar-refractivity contribution in [3.05, 3.63) is 28.2 Å². The molecular weight excluding hydrogens is 334 g/mol. The maximum absolute atomic E-state index is 11.7. The second-order valence-electron chi connectivity index (χ2n) is 6.15. The lowest BCUT2D eigenvalue weighted by molar-refractivity contribution is -0.149. The first-order chi connectivity index (χ1) is 10.1. The smallest absolute Gasteiger partial charge is 0.311 e. The molecule has 5 heteroatoms. The minimum Gasteiger partial charge on any atom is -0.495 e. The zero-order valence-electron chi connectivity index (χ0n) is 12.1. The van der Waals surface area contributed by atoms with Gasteiger partial charge in [-0.2, -0.15) is 0 Å². The third-order valence-electron chi connectivity index (χ3n) is 5.01. The van der Waals surface area contributed by atoms with E-state index in [0.29, 0.717) is 12.5 Å². The molecule has 0 unspecified atom stereocenters. The van der Waals surface area contributed by atoms with E-state index in [1.54, 1.807) is 7.11 Å². The lowest BCUT2D eigenvalue weighted by Gasteiger charge is -2.24. The summed E-state index contributed by atoms with van der Waals surface area (Å²) in [7, 11) is 1.67. The van der Waals surface area contributed by atoms with Crippen molar-refractivity contribution in [2.45, 2.75) is 25.8 Å². The molecule has 1 N–H and O–H groups in total. The van der Waals surface area contributed by atoms with Crippen LogP contribution < -0.4 is 4.74 Å². The van der Waals surface area contributed by atoms with Gasteiger partial charge in [0.15, 0.2) is 0 Å². The predicted octanol–water partition coefficient (Wildman–Crippen LogP) is 3.14. The summed E-state index contributed by atoms with van der Waals surface area (Å²) >= 11 is 3.50. The van der Waals surface area contributed by atoms with Crippen LogP contribution in [0.3, 0.4) is 0 Å². The van der Waals surface area contributed by atoms with Crippen LogP contribution in [0, 0.1) is 11.3 Å². The molecule has 114 valence electrons. The van der Waals surface area contributed by atoms with E-state index in [-0.39, 0.29) is 0 Å². The maximum atomic E-state index is 11.7. The van der Waals surface area contributed by atoms with Gasteiger partial charge in [0.25, 0.3) is 0 Å². The van der Waals surface area contributed by atoms with Crippen LogP contribution in [0.25, 0.3) is 0 Å². The van der Waals surface area contributed by atoms with E-state index in [2.05, 4.69) is 20.8 Å². The average Bonchev–Trinajstić information content (AvgIpc) is 2.96. The first-order valence-electron chi connectivity index (χ1n) is 7.34. The number of likely N-dealkylation sites (tertiary alicyclic amines) is 1. The summed E-state index contributed by atoms with van der Waals surface area (Å²) < 4.78 is 6.40. The van der Waals surface area contributed by atoms with E-state index in [4.69, 9.17) is 4.74 Å². The van der Waals surface area contributed by atoms with Crippen molar-refractivity contribution in [1.82, 2.24) is 4.90 Å². The van der Waals surface area contributed by atoms with E-state index in [0.717, 1.165) is 48.1 Å². The molecule has 2 atom stereocenters. The Balaban J connectivity index is 1.79. The molecule has 21 heavy (non-hydrogen) atoms. The van der Waals surface area contributed by atoms with Gasteiger partial charge in [0, 0.05) is 25.2 Å². The summed E-state index contributed by atoms with van der Waals surface area (Å²) in [4.78, 5) is 14.0. The average molecular weight is 354 g/mol. The highest BCUT2D eigenvalue weighted by Gasteiger charge is 2.54. The third-order valence-corrected chi connectivity index (χ3v) is 5.64. The maximum Gasteiger partial charge on any atom is 0.311 e. The monoisotopic (exact) mass is 353 g/mol. The number of aliphatic carboxylic acids is 1. The number of para-hydroxylation sites is 1. The number of halogens is 1. The summed E-state index contributed by atoms with van der Waals surface area (Å²) in [6.07, 6.45) is 2.91. The quantitative estimate of drug-likeness (QED) is 0.903. The molecule has 2 aliphatic rings. The Kier molecular flexibility index (Phi) is 3.97. The van der Waals surface area contributed by atoms with Gasteiger partial charge in [-0.05, 0) is 40.8 Å². The highest BCUT2D eigenvalue weighted by molar-refractivity contribution is 9.10. The van der Waals surface area contributed by atoms with Crippen molar-refractivity contribution < 1.29 is 14.6 Å². The Bertz CT molecular complexity index is 562. The molecule has 0 amide bonds.